The van der Waals surface area contributed by atoms with Crippen LogP contribution in [0.15, 0.2) is 21.2 Å². The largest absolute Gasteiger partial charge is 0.361 e. The highest BCUT2D eigenvalue weighted by atomic mass is 16.5. The maximum absolute atomic E-state index is 12.7. The van der Waals surface area contributed by atoms with E-state index in [4.69, 9.17) is 9.05 Å². The second-order valence-electron chi connectivity index (χ2n) is 6.39. The average molecular weight is 317 g/mol. The molecule has 2 aromatic heterocycles. The van der Waals surface area contributed by atoms with Gasteiger partial charge in [0.15, 0.2) is 11.5 Å². The SMILES string of the molecule is CCCc1cc(C(=O)N2CCCC2c2cc(C(C)C)no2)no1. The van der Waals surface area contributed by atoms with Crippen LogP contribution >= 0.6 is 0 Å². The summed E-state index contributed by atoms with van der Waals surface area (Å²) in [5.74, 6) is 1.73. The summed E-state index contributed by atoms with van der Waals surface area (Å²) in [7, 11) is 0. The summed E-state index contributed by atoms with van der Waals surface area (Å²) in [5.41, 5.74) is 1.30. The van der Waals surface area contributed by atoms with Gasteiger partial charge in [-0.05, 0) is 25.2 Å². The molecular formula is C17H23N3O3. The lowest BCUT2D eigenvalue weighted by Gasteiger charge is -2.21. The van der Waals surface area contributed by atoms with Crippen molar-refractivity contribution >= 4 is 5.91 Å². The molecule has 1 fully saturated rings. The number of nitrogens with zero attached hydrogens (tertiary/aromatic N) is 3. The molecule has 1 atom stereocenters. The Morgan fingerprint density at radius 3 is 2.87 bits per heavy atom. The molecule has 0 N–H and O–H groups in total. The van der Waals surface area contributed by atoms with Crippen molar-refractivity contribution in [2.75, 3.05) is 6.54 Å². The lowest BCUT2D eigenvalue weighted by molar-refractivity contribution is 0.0704. The topological polar surface area (TPSA) is 72.4 Å². The van der Waals surface area contributed by atoms with E-state index in [0.717, 1.165) is 42.9 Å². The first-order valence-corrected chi connectivity index (χ1v) is 8.33. The smallest absolute Gasteiger partial charge is 0.276 e. The maximum Gasteiger partial charge on any atom is 0.276 e. The Labute approximate surface area is 135 Å². The molecule has 124 valence electrons. The highest BCUT2D eigenvalue weighted by Gasteiger charge is 2.34. The summed E-state index contributed by atoms with van der Waals surface area (Å²) in [6.07, 6.45) is 3.60. The van der Waals surface area contributed by atoms with Gasteiger partial charge in [0.05, 0.1) is 11.7 Å². The van der Waals surface area contributed by atoms with Crippen LogP contribution in [0.1, 0.15) is 79.7 Å². The van der Waals surface area contributed by atoms with Gasteiger partial charge in [-0.3, -0.25) is 4.79 Å². The standard InChI is InChI=1S/C17H23N3O3/c1-4-6-12-9-14(19-22-12)17(21)20-8-5-7-15(20)16-10-13(11(2)3)18-23-16/h9-11,15H,4-8H2,1-3H3. The zero-order valence-corrected chi connectivity index (χ0v) is 13.9. The van der Waals surface area contributed by atoms with Crippen molar-refractivity contribution in [3.05, 3.63) is 35.0 Å². The molecule has 0 spiro atoms. The number of hydrogen-bond donors (Lipinski definition) is 0. The molecule has 6 heteroatoms. The second kappa shape index (κ2) is 6.56. The molecule has 1 unspecified atom stereocenters. The average Bonchev–Trinajstić information content (AvgIpc) is 3.26. The van der Waals surface area contributed by atoms with E-state index in [2.05, 4.69) is 31.1 Å². The van der Waals surface area contributed by atoms with E-state index in [1.807, 2.05) is 11.0 Å². The number of carbonyl (C=O) groups is 1. The van der Waals surface area contributed by atoms with Crippen LogP contribution < -0.4 is 0 Å². The highest BCUT2D eigenvalue weighted by molar-refractivity contribution is 5.92. The highest BCUT2D eigenvalue weighted by Crippen LogP contribution is 2.34. The molecule has 6 nitrogen and oxygen atoms in total. The van der Waals surface area contributed by atoms with Gasteiger partial charge in [0.1, 0.15) is 5.76 Å². The van der Waals surface area contributed by atoms with Crippen LogP contribution in [-0.2, 0) is 6.42 Å². The monoisotopic (exact) mass is 317 g/mol. The summed E-state index contributed by atoms with van der Waals surface area (Å²) in [5, 5.41) is 8.04. The normalized spacial score (nSPS) is 18.1. The first kappa shape index (κ1) is 15.8. The summed E-state index contributed by atoms with van der Waals surface area (Å²) in [6, 6.07) is 3.65. The van der Waals surface area contributed by atoms with Gasteiger partial charge in [0.2, 0.25) is 0 Å². The number of aryl methyl sites for hydroxylation is 1. The van der Waals surface area contributed by atoms with E-state index in [1.54, 1.807) is 6.07 Å². The molecule has 0 aliphatic carbocycles. The van der Waals surface area contributed by atoms with E-state index < -0.39 is 0 Å². The van der Waals surface area contributed by atoms with Crippen LogP contribution in [0.4, 0.5) is 0 Å². The van der Waals surface area contributed by atoms with Gasteiger partial charge in [-0.15, -0.1) is 0 Å². The Morgan fingerprint density at radius 1 is 1.35 bits per heavy atom. The van der Waals surface area contributed by atoms with E-state index in [0.29, 0.717) is 18.2 Å². The minimum Gasteiger partial charge on any atom is -0.361 e. The molecular weight excluding hydrogens is 294 g/mol. The zero-order valence-electron chi connectivity index (χ0n) is 13.9. The van der Waals surface area contributed by atoms with Gasteiger partial charge in [0.25, 0.3) is 5.91 Å². The fourth-order valence-electron chi connectivity index (χ4n) is 2.96. The van der Waals surface area contributed by atoms with Crippen molar-refractivity contribution in [2.45, 2.75) is 58.4 Å². The number of carbonyl (C=O) groups excluding carboxylic acids is 1. The second-order valence-corrected chi connectivity index (χ2v) is 6.39. The third-order valence-corrected chi connectivity index (χ3v) is 4.25. The van der Waals surface area contributed by atoms with E-state index >= 15 is 0 Å². The van der Waals surface area contributed by atoms with E-state index in [-0.39, 0.29) is 11.9 Å². The van der Waals surface area contributed by atoms with Gasteiger partial charge >= 0.3 is 0 Å². The Balaban J connectivity index is 1.78. The summed E-state index contributed by atoms with van der Waals surface area (Å²) in [4.78, 5) is 14.5. The molecule has 1 amide bonds. The molecule has 0 saturated carbocycles. The maximum atomic E-state index is 12.7. The first-order chi connectivity index (χ1) is 11.1. The van der Waals surface area contributed by atoms with Gasteiger partial charge in [0, 0.05) is 25.1 Å². The fourth-order valence-corrected chi connectivity index (χ4v) is 2.96. The third-order valence-electron chi connectivity index (χ3n) is 4.25. The molecule has 3 heterocycles. The zero-order chi connectivity index (χ0) is 16.4. The molecule has 2 aromatic rings. The lowest BCUT2D eigenvalue weighted by Crippen LogP contribution is -2.30. The van der Waals surface area contributed by atoms with E-state index in [1.165, 1.54) is 0 Å². The van der Waals surface area contributed by atoms with E-state index in [9.17, 15) is 4.79 Å². The predicted octanol–water partition coefficient (Wildman–Crippen LogP) is 3.72. The molecule has 0 radical (unpaired) electrons. The molecule has 1 aliphatic rings. The lowest BCUT2D eigenvalue weighted by atomic mass is 10.1. The van der Waals surface area contributed by atoms with Crippen LogP contribution in [0.5, 0.6) is 0 Å². The predicted molar refractivity (Wildman–Crippen MR) is 84.1 cm³/mol. The molecule has 3 rings (SSSR count). The van der Waals surface area contributed by atoms with Crippen LogP contribution in [0.2, 0.25) is 0 Å². The molecule has 23 heavy (non-hydrogen) atoms. The number of likely N-dealkylation sites (tertiary alicyclic amines) is 1. The van der Waals surface area contributed by atoms with Crippen molar-refractivity contribution < 1.29 is 13.8 Å². The Hall–Kier alpha value is -2.11. The first-order valence-electron chi connectivity index (χ1n) is 8.33. The van der Waals surface area contributed by atoms with Crippen molar-refractivity contribution in [1.82, 2.24) is 15.2 Å². The number of amides is 1. The quantitative estimate of drug-likeness (QED) is 0.840. The van der Waals surface area contributed by atoms with Gasteiger partial charge in [-0.1, -0.05) is 31.1 Å². The fraction of sp³-hybridized carbons (Fsp3) is 0.588. The number of rotatable bonds is 5. The Morgan fingerprint density at radius 2 is 2.17 bits per heavy atom. The Kier molecular flexibility index (Phi) is 4.50. The third kappa shape index (κ3) is 3.16. The molecule has 0 aromatic carbocycles. The minimum atomic E-state index is -0.0962. The van der Waals surface area contributed by atoms with Crippen molar-refractivity contribution in [3.8, 4) is 0 Å². The van der Waals surface area contributed by atoms with Gasteiger partial charge in [-0.2, -0.15) is 0 Å². The number of hydrogen-bond acceptors (Lipinski definition) is 5. The van der Waals surface area contributed by atoms with Gasteiger partial charge < -0.3 is 13.9 Å². The van der Waals surface area contributed by atoms with Crippen molar-refractivity contribution in [1.29, 1.82) is 0 Å². The van der Waals surface area contributed by atoms with Crippen LogP contribution in [-0.4, -0.2) is 27.7 Å². The Bertz CT molecular complexity index is 674. The summed E-state index contributed by atoms with van der Waals surface area (Å²) >= 11 is 0. The van der Waals surface area contributed by atoms with Crippen LogP contribution in [0.3, 0.4) is 0 Å². The van der Waals surface area contributed by atoms with Crippen molar-refractivity contribution in [2.24, 2.45) is 0 Å². The molecule has 1 aliphatic heterocycles. The van der Waals surface area contributed by atoms with Crippen molar-refractivity contribution in [3.63, 3.8) is 0 Å². The molecule has 1 saturated heterocycles. The summed E-state index contributed by atoms with van der Waals surface area (Å²) in [6.45, 7) is 6.92. The molecule has 0 bridgehead atoms. The number of aromatic nitrogens is 2. The van der Waals surface area contributed by atoms with Gasteiger partial charge in [-0.25, -0.2) is 0 Å². The van der Waals surface area contributed by atoms with Crippen LogP contribution in [0.25, 0.3) is 0 Å². The summed E-state index contributed by atoms with van der Waals surface area (Å²) < 4.78 is 10.7. The minimum absolute atomic E-state index is 0.0613. The van der Waals surface area contributed by atoms with Crippen LogP contribution in [0, 0.1) is 0 Å².